The monoisotopic (exact) mass is 318 g/mol. The second-order valence-electron chi connectivity index (χ2n) is 5.02. The third-order valence-corrected chi connectivity index (χ3v) is 3.68. The van der Waals surface area contributed by atoms with Gasteiger partial charge in [0, 0.05) is 22.1 Å². The number of aliphatic hydroxyl groups excluding tert-OH is 1. The Morgan fingerprint density at radius 1 is 1.41 bits per heavy atom. The zero-order valence-electron chi connectivity index (χ0n) is 11.7. The van der Waals surface area contributed by atoms with Crippen LogP contribution in [-0.2, 0) is 11.2 Å². The molecule has 1 amide bonds. The van der Waals surface area contributed by atoms with Crippen LogP contribution in [0.3, 0.4) is 0 Å². The number of aromatic nitrogens is 1. The number of carbonyl (C=O) groups is 1. The molecule has 0 aliphatic carbocycles. The Bertz CT molecular complexity index is 780. The highest BCUT2D eigenvalue weighted by Gasteiger charge is 2.13. The van der Waals surface area contributed by atoms with Crippen LogP contribution in [0.4, 0.5) is 0 Å². The summed E-state index contributed by atoms with van der Waals surface area (Å²) in [6.45, 7) is 0.112. The summed E-state index contributed by atoms with van der Waals surface area (Å²) in [5.74, 6) is 0.267. The van der Waals surface area contributed by atoms with Crippen LogP contribution < -0.4 is 5.32 Å². The number of halogens is 1. The minimum absolute atomic E-state index is 0.112. The number of nitrogens with one attached hydrogen (secondary N) is 2. The molecular formula is C16H15ClN2O3. The Balaban J connectivity index is 1.61. The van der Waals surface area contributed by atoms with E-state index in [0.29, 0.717) is 10.8 Å². The van der Waals surface area contributed by atoms with E-state index in [4.69, 9.17) is 16.0 Å². The third kappa shape index (κ3) is 3.16. The van der Waals surface area contributed by atoms with Crippen molar-refractivity contribution >= 4 is 28.4 Å². The lowest BCUT2D eigenvalue weighted by Gasteiger charge is -2.09. The average molecular weight is 319 g/mol. The normalized spacial score (nSPS) is 12.5. The average Bonchev–Trinajstić information content (AvgIpc) is 3.15. The van der Waals surface area contributed by atoms with Crippen LogP contribution in [-0.4, -0.2) is 22.5 Å². The van der Waals surface area contributed by atoms with Gasteiger partial charge in [0.2, 0.25) is 5.91 Å². The molecule has 2 heterocycles. The highest BCUT2D eigenvalue weighted by Crippen LogP contribution is 2.22. The molecule has 0 saturated carbocycles. The molecule has 0 spiro atoms. The van der Waals surface area contributed by atoms with Gasteiger partial charge >= 0.3 is 0 Å². The molecule has 22 heavy (non-hydrogen) atoms. The molecule has 0 bridgehead atoms. The molecule has 3 rings (SSSR count). The fourth-order valence-corrected chi connectivity index (χ4v) is 2.50. The number of fused-ring (bicyclic) bond motifs is 1. The van der Waals surface area contributed by atoms with Gasteiger partial charge in [0.15, 0.2) is 0 Å². The molecule has 2 aromatic heterocycles. The number of rotatable bonds is 5. The number of hydrogen-bond donors (Lipinski definition) is 3. The topological polar surface area (TPSA) is 78.3 Å². The maximum Gasteiger partial charge on any atom is 0.224 e. The molecule has 3 aromatic rings. The summed E-state index contributed by atoms with van der Waals surface area (Å²) < 4.78 is 5.08. The number of hydrogen-bond acceptors (Lipinski definition) is 3. The van der Waals surface area contributed by atoms with Gasteiger partial charge in [0.1, 0.15) is 11.9 Å². The quantitative estimate of drug-likeness (QED) is 0.677. The Morgan fingerprint density at radius 3 is 3.05 bits per heavy atom. The van der Waals surface area contributed by atoms with Gasteiger partial charge in [0.05, 0.1) is 19.2 Å². The standard InChI is InChI=1S/C16H15ClN2O3/c17-11-3-4-12-10(8-18-13(12)7-11)6-16(21)19-9-14(20)15-2-1-5-22-15/h1-5,7-8,14,18,20H,6,9H2,(H,19,21). The molecule has 0 aliphatic rings. The van der Waals surface area contributed by atoms with Gasteiger partial charge in [0.25, 0.3) is 0 Å². The smallest absolute Gasteiger partial charge is 0.224 e. The lowest BCUT2D eigenvalue weighted by atomic mass is 10.1. The summed E-state index contributed by atoms with van der Waals surface area (Å²) in [4.78, 5) is 15.1. The summed E-state index contributed by atoms with van der Waals surface area (Å²) in [6.07, 6.45) is 2.66. The molecule has 0 fully saturated rings. The van der Waals surface area contributed by atoms with Crippen molar-refractivity contribution in [2.24, 2.45) is 0 Å². The molecule has 0 radical (unpaired) electrons. The molecule has 3 N–H and O–H groups in total. The first kappa shape index (κ1) is 14.7. The van der Waals surface area contributed by atoms with Gasteiger partial charge in [-0.1, -0.05) is 17.7 Å². The maximum absolute atomic E-state index is 12.0. The lowest BCUT2D eigenvalue weighted by molar-refractivity contribution is -0.120. The van der Waals surface area contributed by atoms with Gasteiger partial charge in [-0.05, 0) is 29.8 Å². The number of aromatic amines is 1. The van der Waals surface area contributed by atoms with Crippen LogP contribution in [0.15, 0.2) is 47.2 Å². The third-order valence-electron chi connectivity index (χ3n) is 3.44. The summed E-state index contributed by atoms with van der Waals surface area (Å²) in [5, 5.41) is 14.2. The highest BCUT2D eigenvalue weighted by molar-refractivity contribution is 6.31. The number of carbonyl (C=O) groups excluding carboxylic acids is 1. The van der Waals surface area contributed by atoms with Crippen LogP contribution in [0.25, 0.3) is 10.9 Å². The molecule has 1 atom stereocenters. The molecule has 114 valence electrons. The van der Waals surface area contributed by atoms with Crippen molar-refractivity contribution < 1.29 is 14.3 Å². The number of benzene rings is 1. The summed E-state index contributed by atoms with van der Waals surface area (Å²) in [6, 6.07) is 8.85. The molecular weight excluding hydrogens is 304 g/mol. The summed E-state index contributed by atoms with van der Waals surface area (Å²) in [7, 11) is 0. The van der Waals surface area contributed by atoms with E-state index in [-0.39, 0.29) is 18.9 Å². The zero-order chi connectivity index (χ0) is 15.5. The van der Waals surface area contributed by atoms with E-state index in [0.717, 1.165) is 16.5 Å². The van der Waals surface area contributed by atoms with E-state index >= 15 is 0 Å². The van der Waals surface area contributed by atoms with Crippen LogP contribution in [0.5, 0.6) is 0 Å². The van der Waals surface area contributed by atoms with Crippen LogP contribution in [0, 0.1) is 0 Å². The van der Waals surface area contributed by atoms with Crippen LogP contribution in [0.1, 0.15) is 17.4 Å². The Morgan fingerprint density at radius 2 is 2.27 bits per heavy atom. The van der Waals surface area contributed by atoms with Gasteiger partial charge in [-0.2, -0.15) is 0 Å². The predicted molar refractivity (Wildman–Crippen MR) is 83.7 cm³/mol. The van der Waals surface area contributed by atoms with Gasteiger partial charge in [-0.15, -0.1) is 0 Å². The maximum atomic E-state index is 12.0. The van der Waals surface area contributed by atoms with E-state index in [1.165, 1.54) is 6.26 Å². The molecule has 1 unspecified atom stereocenters. The van der Waals surface area contributed by atoms with Crippen molar-refractivity contribution in [3.63, 3.8) is 0 Å². The second-order valence-corrected chi connectivity index (χ2v) is 5.45. The summed E-state index contributed by atoms with van der Waals surface area (Å²) >= 11 is 5.93. The Kier molecular flexibility index (Phi) is 4.18. The molecule has 0 aliphatic heterocycles. The molecule has 5 nitrogen and oxygen atoms in total. The summed E-state index contributed by atoms with van der Waals surface area (Å²) in [5.41, 5.74) is 1.78. The minimum Gasteiger partial charge on any atom is -0.467 e. The number of aliphatic hydroxyl groups is 1. The van der Waals surface area contributed by atoms with Gasteiger partial charge in [-0.3, -0.25) is 4.79 Å². The van der Waals surface area contributed by atoms with Gasteiger partial charge < -0.3 is 19.8 Å². The number of H-pyrrole nitrogens is 1. The SMILES string of the molecule is O=C(Cc1c[nH]c2cc(Cl)ccc12)NCC(O)c1ccco1. The lowest BCUT2D eigenvalue weighted by Crippen LogP contribution is -2.29. The zero-order valence-corrected chi connectivity index (χ0v) is 12.4. The van der Waals surface area contributed by atoms with E-state index in [2.05, 4.69) is 10.3 Å². The van der Waals surface area contributed by atoms with Crippen molar-refractivity contribution in [3.8, 4) is 0 Å². The first-order valence-corrected chi connectivity index (χ1v) is 7.25. The first-order valence-electron chi connectivity index (χ1n) is 6.87. The largest absolute Gasteiger partial charge is 0.467 e. The van der Waals surface area contributed by atoms with Crippen molar-refractivity contribution in [3.05, 3.63) is 59.1 Å². The fraction of sp³-hybridized carbons (Fsp3) is 0.188. The minimum atomic E-state index is -0.847. The van der Waals surface area contributed by atoms with E-state index in [1.54, 1.807) is 24.4 Å². The van der Waals surface area contributed by atoms with E-state index in [9.17, 15) is 9.90 Å². The molecule has 0 saturated heterocycles. The van der Waals surface area contributed by atoms with Crippen LogP contribution in [0.2, 0.25) is 5.02 Å². The highest BCUT2D eigenvalue weighted by atomic mass is 35.5. The Hall–Kier alpha value is -2.24. The van der Waals surface area contributed by atoms with Crippen molar-refractivity contribution in [2.75, 3.05) is 6.54 Å². The van der Waals surface area contributed by atoms with Crippen molar-refractivity contribution in [2.45, 2.75) is 12.5 Å². The number of amides is 1. The van der Waals surface area contributed by atoms with Crippen molar-refractivity contribution in [1.82, 2.24) is 10.3 Å². The Labute approximate surface area is 131 Å². The van der Waals surface area contributed by atoms with E-state index in [1.807, 2.05) is 12.1 Å². The number of furan rings is 1. The van der Waals surface area contributed by atoms with Crippen LogP contribution >= 0.6 is 11.6 Å². The first-order chi connectivity index (χ1) is 10.6. The fourth-order valence-electron chi connectivity index (χ4n) is 2.33. The van der Waals surface area contributed by atoms with Crippen molar-refractivity contribution in [1.29, 1.82) is 0 Å². The second kappa shape index (κ2) is 6.25. The van der Waals surface area contributed by atoms with E-state index < -0.39 is 6.10 Å². The van der Waals surface area contributed by atoms with Gasteiger partial charge in [-0.25, -0.2) is 0 Å². The molecule has 6 heteroatoms. The molecule has 1 aromatic carbocycles. The predicted octanol–water partition coefficient (Wildman–Crippen LogP) is 2.81.